The van der Waals surface area contributed by atoms with E-state index in [0.29, 0.717) is 18.9 Å². The van der Waals surface area contributed by atoms with E-state index >= 15 is 0 Å². The third-order valence-corrected chi connectivity index (χ3v) is 5.11. The van der Waals surface area contributed by atoms with Gasteiger partial charge in [0, 0.05) is 6.04 Å². The summed E-state index contributed by atoms with van der Waals surface area (Å²) in [5.41, 5.74) is 2.13. The first-order chi connectivity index (χ1) is 11.1. The van der Waals surface area contributed by atoms with Gasteiger partial charge in [-0.2, -0.15) is 0 Å². The van der Waals surface area contributed by atoms with E-state index in [0.717, 1.165) is 38.6 Å². The molecule has 0 aliphatic heterocycles. The summed E-state index contributed by atoms with van der Waals surface area (Å²) in [6, 6.07) is 9.11. The number of carboxylic acid groups (broad SMARTS) is 1. The largest absolute Gasteiger partial charge is 0.480 e. The molecule has 144 valence electrons. The van der Waals surface area contributed by atoms with E-state index in [-0.39, 0.29) is 24.8 Å². The van der Waals surface area contributed by atoms with E-state index < -0.39 is 11.5 Å². The molecule has 0 heterocycles. The highest BCUT2D eigenvalue weighted by Gasteiger charge is 2.35. The molecule has 1 atom stereocenters. The molecule has 0 radical (unpaired) electrons. The summed E-state index contributed by atoms with van der Waals surface area (Å²) < 4.78 is 0. The highest BCUT2D eigenvalue weighted by atomic mass is 35.5. The molecule has 1 aromatic rings. The summed E-state index contributed by atoms with van der Waals surface area (Å²) in [5, 5.41) is 16.3. The quantitative estimate of drug-likeness (QED) is 0.534. The minimum absolute atomic E-state index is 0. The Labute approximate surface area is 164 Å². The van der Waals surface area contributed by atoms with Crippen LogP contribution in [-0.4, -0.2) is 36.2 Å². The van der Waals surface area contributed by atoms with Gasteiger partial charge in [-0.1, -0.05) is 44.0 Å². The highest BCUT2D eigenvalue weighted by molar-refractivity contribution is 5.85. The second-order valence-electron chi connectivity index (χ2n) is 6.67. The third kappa shape index (κ3) is 6.45. The number of hydrogen-bond acceptors (Lipinski definition) is 3. The standard InChI is InChI=1S/C19H30N2O2.2ClH/c1-3-4-10-19(20-2,18(22)23)11-7-12-21-17-13-15-8-5-6-9-16(15)14-17;;/h5-6,8-9,17,20-21H,3-4,7,10-14H2,1-2H3,(H,22,23);2*1H. The molecule has 0 saturated carbocycles. The van der Waals surface area contributed by atoms with Gasteiger partial charge in [-0.15, -0.1) is 24.8 Å². The van der Waals surface area contributed by atoms with E-state index in [1.165, 1.54) is 11.1 Å². The minimum Gasteiger partial charge on any atom is -0.480 e. The second-order valence-corrected chi connectivity index (χ2v) is 6.67. The maximum Gasteiger partial charge on any atom is 0.323 e. The molecule has 0 bridgehead atoms. The number of hydrogen-bond donors (Lipinski definition) is 3. The Bertz CT molecular complexity index is 503. The highest BCUT2D eigenvalue weighted by Crippen LogP contribution is 2.23. The van der Waals surface area contributed by atoms with Crippen molar-refractivity contribution in [1.82, 2.24) is 10.6 Å². The molecule has 1 unspecified atom stereocenters. The number of halogens is 2. The van der Waals surface area contributed by atoms with Crippen molar-refractivity contribution in [3.05, 3.63) is 35.4 Å². The first-order valence-electron chi connectivity index (χ1n) is 8.84. The van der Waals surface area contributed by atoms with E-state index in [4.69, 9.17) is 0 Å². The monoisotopic (exact) mass is 390 g/mol. The summed E-state index contributed by atoms with van der Waals surface area (Å²) in [6.07, 6.45) is 6.39. The van der Waals surface area contributed by atoms with Crippen LogP contribution in [0.3, 0.4) is 0 Å². The van der Waals surface area contributed by atoms with Crippen molar-refractivity contribution in [1.29, 1.82) is 0 Å². The molecule has 6 heteroatoms. The zero-order valence-electron chi connectivity index (χ0n) is 15.2. The van der Waals surface area contributed by atoms with Gasteiger partial charge in [0.2, 0.25) is 0 Å². The van der Waals surface area contributed by atoms with Crippen molar-refractivity contribution in [2.75, 3.05) is 13.6 Å². The number of benzene rings is 1. The molecule has 0 fully saturated rings. The van der Waals surface area contributed by atoms with Gasteiger partial charge in [-0.3, -0.25) is 4.79 Å². The predicted molar refractivity (Wildman–Crippen MR) is 108 cm³/mol. The van der Waals surface area contributed by atoms with Crippen LogP contribution in [0.4, 0.5) is 0 Å². The molecular formula is C19H32Cl2N2O2. The zero-order chi connectivity index (χ0) is 16.7. The summed E-state index contributed by atoms with van der Waals surface area (Å²) in [5.74, 6) is -0.721. The number of nitrogens with one attached hydrogen (secondary N) is 2. The fraction of sp³-hybridized carbons (Fsp3) is 0.632. The average Bonchev–Trinajstić information content (AvgIpc) is 2.97. The molecular weight excluding hydrogens is 359 g/mol. The molecule has 25 heavy (non-hydrogen) atoms. The van der Waals surface area contributed by atoms with Crippen LogP contribution in [0, 0.1) is 0 Å². The summed E-state index contributed by atoms with van der Waals surface area (Å²) >= 11 is 0. The first kappa shape index (κ1) is 24.2. The van der Waals surface area contributed by atoms with Crippen LogP contribution >= 0.6 is 24.8 Å². The van der Waals surface area contributed by atoms with Gasteiger partial charge in [-0.25, -0.2) is 0 Å². The number of aliphatic carboxylic acids is 1. The minimum atomic E-state index is -0.768. The summed E-state index contributed by atoms with van der Waals surface area (Å²) in [7, 11) is 1.77. The van der Waals surface area contributed by atoms with Gasteiger partial charge in [0.1, 0.15) is 5.54 Å². The lowest BCUT2D eigenvalue weighted by atomic mass is 9.88. The lowest BCUT2D eigenvalue weighted by molar-refractivity contribution is -0.145. The molecule has 0 spiro atoms. The van der Waals surface area contributed by atoms with E-state index in [2.05, 4.69) is 41.8 Å². The van der Waals surface area contributed by atoms with Crippen LogP contribution in [0.5, 0.6) is 0 Å². The Morgan fingerprint density at radius 1 is 1.16 bits per heavy atom. The maximum atomic E-state index is 11.7. The van der Waals surface area contributed by atoms with Crippen LogP contribution in [-0.2, 0) is 17.6 Å². The topological polar surface area (TPSA) is 61.4 Å². The molecule has 0 saturated heterocycles. The average molecular weight is 391 g/mol. The Morgan fingerprint density at radius 2 is 1.72 bits per heavy atom. The smallest absolute Gasteiger partial charge is 0.323 e. The van der Waals surface area contributed by atoms with Gasteiger partial charge < -0.3 is 15.7 Å². The third-order valence-electron chi connectivity index (χ3n) is 5.11. The first-order valence-corrected chi connectivity index (χ1v) is 8.84. The van der Waals surface area contributed by atoms with Crippen molar-refractivity contribution < 1.29 is 9.90 Å². The fourth-order valence-electron chi connectivity index (χ4n) is 3.57. The number of carboxylic acids is 1. The van der Waals surface area contributed by atoms with Crippen LogP contribution in [0.15, 0.2) is 24.3 Å². The number of likely N-dealkylation sites (N-methyl/N-ethyl adjacent to an activating group) is 1. The van der Waals surface area contributed by atoms with E-state index in [1.54, 1.807) is 7.05 Å². The predicted octanol–water partition coefficient (Wildman–Crippen LogP) is 3.60. The molecule has 4 nitrogen and oxygen atoms in total. The number of fused-ring (bicyclic) bond motifs is 1. The Morgan fingerprint density at radius 3 is 2.20 bits per heavy atom. The molecule has 0 aromatic heterocycles. The van der Waals surface area contributed by atoms with E-state index in [9.17, 15) is 9.90 Å². The number of rotatable bonds is 10. The van der Waals surface area contributed by atoms with Crippen LogP contribution in [0.25, 0.3) is 0 Å². The Kier molecular flexibility index (Phi) is 11.4. The normalized spacial score (nSPS) is 15.6. The Hall–Kier alpha value is -0.810. The van der Waals surface area contributed by atoms with Crippen molar-refractivity contribution in [2.45, 2.75) is 63.5 Å². The fourth-order valence-corrected chi connectivity index (χ4v) is 3.57. The van der Waals surface area contributed by atoms with Gasteiger partial charge in [-0.05, 0) is 56.8 Å². The Balaban J connectivity index is 0.00000288. The van der Waals surface area contributed by atoms with Gasteiger partial charge in [0.05, 0.1) is 0 Å². The van der Waals surface area contributed by atoms with Gasteiger partial charge >= 0.3 is 5.97 Å². The molecule has 1 aliphatic carbocycles. The molecule has 2 rings (SSSR count). The molecule has 1 aromatic carbocycles. The van der Waals surface area contributed by atoms with Crippen LogP contribution in [0.1, 0.15) is 50.2 Å². The number of unbranched alkanes of at least 4 members (excludes halogenated alkanes) is 1. The second kappa shape index (κ2) is 11.7. The maximum absolute atomic E-state index is 11.7. The van der Waals surface area contributed by atoms with Crippen molar-refractivity contribution in [3.63, 3.8) is 0 Å². The number of carbonyl (C=O) groups is 1. The SMILES string of the molecule is CCCCC(CCCNC1Cc2ccccc2C1)(NC)C(=O)O.Cl.Cl. The molecule has 1 aliphatic rings. The van der Waals surface area contributed by atoms with Crippen molar-refractivity contribution >= 4 is 30.8 Å². The van der Waals surface area contributed by atoms with Crippen molar-refractivity contribution in [2.24, 2.45) is 0 Å². The lowest BCUT2D eigenvalue weighted by Gasteiger charge is -2.29. The van der Waals surface area contributed by atoms with Crippen LogP contribution < -0.4 is 10.6 Å². The molecule has 3 N–H and O–H groups in total. The zero-order valence-corrected chi connectivity index (χ0v) is 16.8. The summed E-state index contributed by atoms with van der Waals surface area (Å²) in [4.78, 5) is 11.7. The molecule has 0 amide bonds. The van der Waals surface area contributed by atoms with Gasteiger partial charge in [0.25, 0.3) is 0 Å². The summed E-state index contributed by atoms with van der Waals surface area (Å²) in [6.45, 7) is 2.98. The van der Waals surface area contributed by atoms with Crippen molar-refractivity contribution in [3.8, 4) is 0 Å². The van der Waals surface area contributed by atoms with E-state index in [1.807, 2.05) is 0 Å². The van der Waals surface area contributed by atoms with Crippen LogP contribution in [0.2, 0.25) is 0 Å². The van der Waals surface area contributed by atoms with Gasteiger partial charge in [0.15, 0.2) is 0 Å². The lowest BCUT2D eigenvalue weighted by Crippen LogP contribution is -2.50.